The second-order valence-electron chi connectivity index (χ2n) is 17.1. The van der Waals surface area contributed by atoms with Gasteiger partial charge >= 0.3 is 37.7 Å². The van der Waals surface area contributed by atoms with E-state index in [1.807, 2.05) is 0 Å². The topological polar surface area (TPSA) is 120 Å². The van der Waals surface area contributed by atoms with Gasteiger partial charge in [0.05, 0.1) is 0 Å². The summed E-state index contributed by atoms with van der Waals surface area (Å²) in [5, 5.41) is 30.6. The van der Waals surface area contributed by atoms with E-state index in [0.717, 1.165) is 57.8 Å². The van der Waals surface area contributed by atoms with Crippen molar-refractivity contribution in [3.63, 3.8) is 0 Å². The third kappa shape index (κ3) is 76.6. The average Bonchev–Trinajstić information content (AvgIpc) is 3.22. The van der Waals surface area contributed by atoms with E-state index in [9.17, 15) is 29.7 Å². The van der Waals surface area contributed by atoms with Crippen molar-refractivity contribution in [3.05, 3.63) is 36.5 Å². The Morgan fingerprint density at radius 1 is 0.262 bits per heavy atom. The molecular weight excluding hydrogens is 910 g/mol. The van der Waals surface area contributed by atoms with Crippen molar-refractivity contribution in [3.8, 4) is 0 Å². The van der Waals surface area contributed by atoms with Crippen LogP contribution in [0.2, 0.25) is 0 Å². The molecule has 0 atom stereocenters. The van der Waals surface area contributed by atoms with Gasteiger partial charge in [-0.3, -0.25) is 0 Å². The summed E-state index contributed by atoms with van der Waals surface area (Å²) < 4.78 is 0. The number of rotatable bonds is 45. The van der Waals surface area contributed by atoms with Crippen LogP contribution in [-0.4, -0.2) is 17.9 Å². The summed E-state index contributed by atoms with van der Waals surface area (Å²) in [4.78, 5) is 30.6. The Morgan fingerprint density at radius 3 is 0.574 bits per heavy atom. The number of aliphatic carboxylic acids is 3. The van der Waals surface area contributed by atoms with Crippen molar-refractivity contribution >= 4 is 17.9 Å². The Hall–Kier alpha value is -1.11. The van der Waals surface area contributed by atoms with Crippen molar-refractivity contribution in [2.24, 2.45) is 0 Å². The number of allylic oxidation sites excluding steroid dienone is 6. The SMILES string of the molecule is CCCCCCCC/C=C\CCCCCCCC(=O)[O-].CCCCCCCC/C=C\CCCCCCCC(=O)[O-].CCCCCCCC/C=C\CCCCCCCC(=O)[O-].[Ho+3]. The van der Waals surface area contributed by atoms with E-state index >= 15 is 0 Å². The largest absolute Gasteiger partial charge is 3.00 e. The molecule has 61 heavy (non-hydrogen) atoms. The van der Waals surface area contributed by atoms with Crippen LogP contribution in [0.1, 0.15) is 290 Å². The van der Waals surface area contributed by atoms with Gasteiger partial charge in [-0.1, -0.05) is 211 Å². The average molecular weight is 1010 g/mol. The molecule has 0 fully saturated rings. The molecule has 0 amide bonds. The van der Waals surface area contributed by atoms with Gasteiger partial charge in [0.15, 0.2) is 0 Å². The van der Waals surface area contributed by atoms with Crippen molar-refractivity contribution in [1.82, 2.24) is 0 Å². The number of carbonyl (C=O) groups excluding carboxylic acids is 3. The van der Waals surface area contributed by atoms with Crippen LogP contribution in [0.3, 0.4) is 0 Å². The molecule has 0 aromatic carbocycles. The van der Waals surface area contributed by atoms with E-state index in [2.05, 4.69) is 57.2 Å². The molecule has 0 saturated heterocycles. The van der Waals surface area contributed by atoms with Gasteiger partial charge in [0.2, 0.25) is 0 Å². The maximum Gasteiger partial charge on any atom is 3.00 e. The Bertz CT molecular complexity index is 827. The number of carboxylic acid groups (broad SMARTS) is 3. The van der Waals surface area contributed by atoms with Gasteiger partial charge < -0.3 is 29.7 Å². The minimum absolute atomic E-state index is 0. The Kier molecular flexibility index (Phi) is 68.9. The van der Waals surface area contributed by atoms with E-state index in [1.165, 1.54) is 193 Å². The smallest absolute Gasteiger partial charge is 0.550 e. The summed E-state index contributed by atoms with van der Waals surface area (Å²) in [6, 6.07) is 0. The molecule has 0 N–H and O–H groups in total. The van der Waals surface area contributed by atoms with Gasteiger partial charge in [-0.05, 0) is 116 Å². The molecule has 0 bridgehead atoms. The van der Waals surface area contributed by atoms with E-state index < -0.39 is 17.9 Å². The van der Waals surface area contributed by atoms with Gasteiger partial charge in [0.1, 0.15) is 0 Å². The summed E-state index contributed by atoms with van der Waals surface area (Å²) in [5.41, 5.74) is 0. The van der Waals surface area contributed by atoms with Crippen LogP contribution < -0.4 is 15.3 Å². The minimum Gasteiger partial charge on any atom is -0.550 e. The Morgan fingerprint density at radius 2 is 0.410 bits per heavy atom. The molecule has 0 aromatic rings. The van der Waals surface area contributed by atoms with E-state index in [4.69, 9.17) is 0 Å². The molecule has 0 heterocycles. The van der Waals surface area contributed by atoms with E-state index in [-0.39, 0.29) is 57.0 Å². The molecule has 0 spiro atoms. The summed E-state index contributed by atoms with van der Waals surface area (Å²) in [7, 11) is 0. The third-order valence-electron chi connectivity index (χ3n) is 10.9. The number of unbranched alkanes of at least 4 members (excludes halogenated alkanes) is 33. The quantitative estimate of drug-likeness (QED) is 0.0340. The summed E-state index contributed by atoms with van der Waals surface area (Å²) >= 11 is 0. The van der Waals surface area contributed by atoms with Crippen LogP contribution in [0.25, 0.3) is 0 Å². The van der Waals surface area contributed by atoms with Gasteiger partial charge in [-0.25, -0.2) is 0 Å². The fourth-order valence-electron chi connectivity index (χ4n) is 7.02. The molecule has 0 aliphatic carbocycles. The first-order chi connectivity index (χ1) is 29.3. The number of carboxylic acids is 3. The number of hydrogen-bond acceptors (Lipinski definition) is 6. The summed E-state index contributed by atoms with van der Waals surface area (Å²) in [5.74, 6) is -2.74. The molecule has 6 nitrogen and oxygen atoms in total. The van der Waals surface area contributed by atoms with Crippen molar-refractivity contribution in [2.75, 3.05) is 0 Å². The van der Waals surface area contributed by atoms with Crippen LogP contribution in [0.5, 0.6) is 0 Å². The predicted octanol–water partition coefficient (Wildman–Crippen LogP) is 14.3. The zero-order valence-electron chi connectivity index (χ0n) is 40.4. The zero-order valence-corrected chi connectivity index (χ0v) is 42.3. The second kappa shape index (κ2) is 63.2. The molecule has 0 rings (SSSR count). The zero-order chi connectivity index (χ0) is 44.7. The maximum absolute atomic E-state index is 10.2. The molecule has 0 aliphatic heterocycles. The minimum atomic E-state index is -0.914. The van der Waals surface area contributed by atoms with Crippen LogP contribution in [0, 0.1) is 37.7 Å². The van der Waals surface area contributed by atoms with Gasteiger partial charge in [0, 0.05) is 17.9 Å². The fraction of sp³-hybridized carbons (Fsp3) is 0.833. The van der Waals surface area contributed by atoms with Crippen molar-refractivity contribution in [1.29, 1.82) is 0 Å². The van der Waals surface area contributed by atoms with E-state index in [1.54, 1.807) is 0 Å². The summed E-state index contributed by atoms with van der Waals surface area (Å²) in [6.07, 6.45) is 62.7. The van der Waals surface area contributed by atoms with Crippen molar-refractivity contribution in [2.45, 2.75) is 290 Å². The van der Waals surface area contributed by atoms with Crippen LogP contribution in [0.4, 0.5) is 0 Å². The normalized spacial score (nSPS) is 11.1. The molecule has 0 aliphatic rings. The number of hydrogen-bond donors (Lipinski definition) is 0. The molecule has 7 heteroatoms. The molecule has 0 saturated carbocycles. The first-order valence-corrected chi connectivity index (χ1v) is 25.9. The number of carbonyl (C=O) groups is 3. The van der Waals surface area contributed by atoms with Crippen molar-refractivity contribution < 1.29 is 67.4 Å². The van der Waals surface area contributed by atoms with Crippen LogP contribution in [0.15, 0.2) is 36.5 Å². The molecule has 0 unspecified atom stereocenters. The first kappa shape index (κ1) is 66.5. The van der Waals surface area contributed by atoms with E-state index in [0.29, 0.717) is 0 Å². The monoisotopic (exact) mass is 1010 g/mol. The van der Waals surface area contributed by atoms with Gasteiger partial charge in [-0.2, -0.15) is 0 Å². The third-order valence-corrected chi connectivity index (χ3v) is 10.9. The molecular formula is C54H99HoO6. The fourth-order valence-corrected chi connectivity index (χ4v) is 7.02. The first-order valence-electron chi connectivity index (χ1n) is 25.9. The van der Waals surface area contributed by atoms with Gasteiger partial charge in [-0.15, -0.1) is 0 Å². The van der Waals surface area contributed by atoms with Gasteiger partial charge in [0.25, 0.3) is 0 Å². The van der Waals surface area contributed by atoms with Crippen LogP contribution in [-0.2, 0) is 14.4 Å². The van der Waals surface area contributed by atoms with Crippen LogP contribution >= 0.6 is 0 Å². The standard InChI is InChI=1S/3C18H34O2.Ho/c3*1-2-3-4-5-6-7-8-9-10-11-12-13-14-15-16-17-18(19)20;/h3*9-10H,2-8,11-17H2,1H3,(H,19,20);/q;;;+3/p-3/b3*10-9-;. The maximum atomic E-state index is 10.2. The molecule has 0 radical (unpaired) electrons. The summed E-state index contributed by atoms with van der Waals surface area (Å²) in [6.45, 7) is 6.77. The predicted molar refractivity (Wildman–Crippen MR) is 253 cm³/mol. The molecule has 362 valence electrons. The Labute approximate surface area is 409 Å². The Balaban J connectivity index is -0.000000396. The molecule has 0 aromatic heterocycles. The second-order valence-corrected chi connectivity index (χ2v) is 17.1.